The van der Waals surface area contributed by atoms with E-state index >= 15 is 0 Å². The topological polar surface area (TPSA) is 98.9 Å². The average molecular weight is 438 g/mol. The molecule has 4 N–H and O–H groups in total. The molecule has 1 aliphatic rings. The number of carbonyl (C=O) groups is 1. The van der Waals surface area contributed by atoms with E-state index in [0.717, 1.165) is 21.7 Å². The van der Waals surface area contributed by atoms with Crippen molar-refractivity contribution in [3.8, 4) is 0 Å². The van der Waals surface area contributed by atoms with Crippen LogP contribution in [0, 0.1) is 0 Å². The Labute approximate surface area is 168 Å². The highest BCUT2D eigenvalue weighted by Gasteiger charge is 2.24. The summed E-state index contributed by atoms with van der Waals surface area (Å²) in [7, 11) is 0. The van der Waals surface area contributed by atoms with Gasteiger partial charge in [0.1, 0.15) is 5.60 Å². The summed E-state index contributed by atoms with van der Waals surface area (Å²) in [6.07, 6.45) is 8.46. The molecule has 0 bridgehead atoms. The fourth-order valence-electron chi connectivity index (χ4n) is 2.48. The molecule has 2 heterocycles. The van der Waals surface area contributed by atoms with Gasteiger partial charge in [0.25, 0.3) is 6.47 Å². The van der Waals surface area contributed by atoms with Crippen LogP contribution in [0.25, 0.3) is 5.65 Å². The predicted molar refractivity (Wildman–Crippen MR) is 109 cm³/mol. The first-order valence-electron chi connectivity index (χ1n) is 8.83. The maximum Gasteiger partial charge on any atom is 0.293 e. The number of fused-ring (bicyclic) bond motifs is 1. The number of pyridine rings is 1. The summed E-state index contributed by atoms with van der Waals surface area (Å²) in [5.41, 5.74) is 9.18. The first-order valence-corrected chi connectivity index (χ1v) is 9.62. The minimum Gasteiger partial charge on any atom is -0.462 e. The van der Waals surface area contributed by atoms with E-state index in [1.807, 2.05) is 33.9 Å². The summed E-state index contributed by atoms with van der Waals surface area (Å²) in [6.45, 7) is 8.26. The van der Waals surface area contributed by atoms with E-state index in [-0.39, 0.29) is 5.60 Å². The van der Waals surface area contributed by atoms with Crippen molar-refractivity contribution in [3.63, 3.8) is 0 Å². The molecule has 1 aliphatic carbocycles. The molecule has 0 amide bonds. The number of nitrogens with zero attached hydrogens (tertiary/aromatic N) is 3. The van der Waals surface area contributed by atoms with Crippen LogP contribution in [-0.2, 0) is 16.1 Å². The van der Waals surface area contributed by atoms with Crippen molar-refractivity contribution in [2.24, 2.45) is 11.6 Å². The Morgan fingerprint density at radius 3 is 2.59 bits per heavy atom. The SMILES string of the molecule is C/C(N)=C/N(N)Cc1cn2cc(C3CC3)cc(Br)c2n1.CC(C)(C)OC=O. The molecule has 0 aliphatic heterocycles. The van der Waals surface area contributed by atoms with Crippen LogP contribution in [0.1, 0.15) is 57.7 Å². The Morgan fingerprint density at radius 1 is 1.44 bits per heavy atom. The molecule has 2 aromatic rings. The number of nitrogens with two attached hydrogens (primary N) is 2. The number of allylic oxidation sites excluding steroid dienone is 1. The molecule has 1 saturated carbocycles. The third-order valence-corrected chi connectivity index (χ3v) is 4.33. The number of hydrogen-bond donors (Lipinski definition) is 2. The fraction of sp³-hybridized carbons (Fsp3) is 0.474. The lowest BCUT2D eigenvalue weighted by Crippen LogP contribution is -2.25. The van der Waals surface area contributed by atoms with Crippen molar-refractivity contribution < 1.29 is 9.53 Å². The number of hydrazine groups is 1. The zero-order valence-electron chi connectivity index (χ0n) is 16.3. The van der Waals surface area contributed by atoms with Gasteiger partial charge >= 0.3 is 0 Å². The Balaban J connectivity index is 0.000000321. The molecule has 1 fully saturated rings. The zero-order chi connectivity index (χ0) is 20.2. The quantitative estimate of drug-likeness (QED) is 0.422. The van der Waals surface area contributed by atoms with Crippen molar-refractivity contribution in [3.05, 3.63) is 46.1 Å². The highest BCUT2D eigenvalue weighted by molar-refractivity contribution is 9.10. The zero-order valence-corrected chi connectivity index (χ0v) is 17.9. The van der Waals surface area contributed by atoms with Gasteiger partial charge in [-0.2, -0.15) is 0 Å². The maximum absolute atomic E-state index is 9.60. The van der Waals surface area contributed by atoms with Crippen molar-refractivity contribution in [2.75, 3.05) is 0 Å². The van der Waals surface area contributed by atoms with Crippen LogP contribution >= 0.6 is 15.9 Å². The highest BCUT2D eigenvalue weighted by atomic mass is 79.9. The molecule has 0 spiro atoms. The van der Waals surface area contributed by atoms with E-state index in [0.29, 0.717) is 18.7 Å². The smallest absolute Gasteiger partial charge is 0.293 e. The number of aromatic nitrogens is 2. The van der Waals surface area contributed by atoms with Crippen LogP contribution in [0.3, 0.4) is 0 Å². The monoisotopic (exact) mass is 437 g/mol. The van der Waals surface area contributed by atoms with Crippen molar-refractivity contribution in [1.82, 2.24) is 14.4 Å². The molecule has 0 aromatic carbocycles. The van der Waals surface area contributed by atoms with E-state index < -0.39 is 0 Å². The molecule has 8 heteroatoms. The molecule has 3 rings (SSSR count). The summed E-state index contributed by atoms with van der Waals surface area (Å²) in [5.74, 6) is 6.59. The van der Waals surface area contributed by atoms with Gasteiger partial charge in [0, 0.05) is 24.3 Å². The number of halogens is 1. The molecular formula is C19H28BrN5O2. The fourth-order valence-corrected chi connectivity index (χ4v) is 3.04. The van der Waals surface area contributed by atoms with E-state index in [9.17, 15) is 4.79 Å². The van der Waals surface area contributed by atoms with Crippen LogP contribution in [0.2, 0.25) is 0 Å². The number of rotatable bonds is 5. The highest BCUT2D eigenvalue weighted by Crippen LogP contribution is 2.41. The first kappa shape index (κ1) is 21.2. The number of hydrogen-bond acceptors (Lipinski definition) is 6. The van der Waals surface area contributed by atoms with Crippen LogP contribution < -0.4 is 11.6 Å². The second kappa shape index (κ2) is 8.75. The standard InChI is InChI=1S/C14H18BrN5.C5H10O2/c1-9(16)5-20(17)8-12-7-19-6-11(10-2-3-10)4-13(15)14(19)18-12;1-5(2,3)7-4-6/h4-7,10H,2-3,8,16-17H2,1H3;4H,1-3H3/b9-5-;. The predicted octanol–water partition coefficient (Wildman–Crippen LogP) is 3.43. The summed E-state index contributed by atoms with van der Waals surface area (Å²) < 4.78 is 7.65. The van der Waals surface area contributed by atoms with Crippen LogP contribution in [0.15, 0.2) is 34.8 Å². The maximum atomic E-state index is 9.60. The van der Waals surface area contributed by atoms with Gasteiger partial charge in [0.15, 0.2) is 5.65 Å². The number of ether oxygens (including phenoxy) is 1. The first-order chi connectivity index (χ1) is 12.6. The van der Waals surface area contributed by atoms with Gasteiger partial charge in [-0.15, -0.1) is 0 Å². The lowest BCUT2D eigenvalue weighted by atomic mass is 10.2. The third kappa shape index (κ3) is 6.88. The lowest BCUT2D eigenvalue weighted by molar-refractivity contribution is -0.138. The molecule has 0 radical (unpaired) electrons. The summed E-state index contributed by atoms with van der Waals surface area (Å²) in [6, 6.07) is 2.17. The third-order valence-electron chi connectivity index (χ3n) is 3.74. The van der Waals surface area contributed by atoms with E-state index in [4.69, 9.17) is 11.6 Å². The van der Waals surface area contributed by atoms with Gasteiger partial charge < -0.3 is 19.9 Å². The Hall–Kier alpha value is -2.06. The van der Waals surface area contributed by atoms with Crippen molar-refractivity contribution in [1.29, 1.82) is 0 Å². The van der Waals surface area contributed by atoms with Gasteiger partial charge in [-0.3, -0.25) is 4.79 Å². The van der Waals surface area contributed by atoms with Crippen LogP contribution in [0.5, 0.6) is 0 Å². The van der Waals surface area contributed by atoms with E-state index in [2.05, 4.69) is 42.3 Å². The molecular weight excluding hydrogens is 410 g/mol. The van der Waals surface area contributed by atoms with Gasteiger partial charge in [-0.05, 0) is 74.0 Å². The molecule has 7 nitrogen and oxygen atoms in total. The number of imidazole rings is 1. The molecule has 27 heavy (non-hydrogen) atoms. The normalized spacial score (nSPS) is 14.5. The second-order valence-electron chi connectivity index (χ2n) is 7.73. The Kier molecular flexibility index (Phi) is 6.89. The van der Waals surface area contributed by atoms with Gasteiger partial charge in [-0.1, -0.05) is 0 Å². The summed E-state index contributed by atoms with van der Waals surface area (Å²) in [4.78, 5) is 14.2. The second-order valence-corrected chi connectivity index (χ2v) is 8.59. The van der Waals surface area contributed by atoms with Crippen LogP contribution in [0.4, 0.5) is 0 Å². The minimum absolute atomic E-state index is 0.318. The van der Waals surface area contributed by atoms with E-state index in [1.54, 1.807) is 11.2 Å². The Bertz CT molecular complexity index is 817. The largest absolute Gasteiger partial charge is 0.462 e. The van der Waals surface area contributed by atoms with Gasteiger partial charge in [0.2, 0.25) is 0 Å². The average Bonchev–Trinajstić information content (AvgIpc) is 3.27. The molecule has 0 atom stereocenters. The van der Waals surface area contributed by atoms with Gasteiger partial charge in [-0.25, -0.2) is 10.8 Å². The molecule has 0 saturated heterocycles. The molecule has 0 unspecified atom stereocenters. The summed E-state index contributed by atoms with van der Waals surface area (Å²) in [5, 5.41) is 1.55. The summed E-state index contributed by atoms with van der Waals surface area (Å²) >= 11 is 3.60. The van der Waals surface area contributed by atoms with Crippen LogP contribution in [-0.4, -0.2) is 26.5 Å². The van der Waals surface area contributed by atoms with Crippen molar-refractivity contribution >= 4 is 28.0 Å². The Morgan fingerprint density at radius 2 is 2.11 bits per heavy atom. The molecule has 148 valence electrons. The minimum atomic E-state index is -0.318. The molecule has 2 aromatic heterocycles. The van der Waals surface area contributed by atoms with E-state index in [1.165, 1.54) is 18.4 Å². The lowest BCUT2D eigenvalue weighted by Gasteiger charge is -2.14. The van der Waals surface area contributed by atoms with Crippen molar-refractivity contribution in [2.45, 2.75) is 58.6 Å². The number of carbonyl (C=O) groups excluding carboxylic acids is 1. The van der Waals surface area contributed by atoms with Gasteiger partial charge in [0.05, 0.1) is 16.7 Å².